The number of fused-ring (bicyclic) bond motifs is 1. The van der Waals surface area contributed by atoms with Crippen LogP contribution >= 0.6 is 0 Å². The maximum absolute atomic E-state index is 11.9. The molecule has 3 aromatic rings. The third kappa shape index (κ3) is 5.61. The van der Waals surface area contributed by atoms with Crippen LogP contribution in [0.2, 0.25) is 0 Å². The highest BCUT2D eigenvalue weighted by Crippen LogP contribution is 2.43. The summed E-state index contributed by atoms with van der Waals surface area (Å²) in [5, 5.41) is 9.80. The normalized spacial score (nSPS) is 19.6. The number of unbranched alkanes of at least 4 members (excludes halogenated alkanes) is 1. The number of aromatic carboxylic acids is 1. The average Bonchev–Trinajstić information content (AvgIpc) is 3.51. The van der Waals surface area contributed by atoms with Crippen molar-refractivity contribution in [3.05, 3.63) is 107 Å². The SMILES string of the molecule is CC1(Cc2ccccc2)C(/C=C/c2ccccc2)=[N+](CCCCC2CCCC2)c2ccc(C(=O)O)cc21. The Morgan fingerprint density at radius 3 is 2.35 bits per heavy atom. The van der Waals surface area contributed by atoms with Crippen molar-refractivity contribution in [1.82, 2.24) is 0 Å². The van der Waals surface area contributed by atoms with E-state index >= 15 is 0 Å². The highest BCUT2D eigenvalue weighted by atomic mass is 16.4. The van der Waals surface area contributed by atoms with Crippen molar-refractivity contribution in [3.8, 4) is 0 Å². The molecule has 1 saturated carbocycles. The molecule has 190 valence electrons. The van der Waals surface area contributed by atoms with E-state index in [-0.39, 0.29) is 5.41 Å². The smallest absolute Gasteiger partial charge is 0.335 e. The van der Waals surface area contributed by atoms with Crippen molar-refractivity contribution in [2.24, 2.45) is 5.92 Å². The van der Waals surface area contributed by atoms with Crippen LogP contribution in [-0.2, 0) is 11.8 Å². The molecule has 1 atom stereocenters. The molecule has 1 aliphatic carbocycles. The zero-order chi connectivity index (χ0) is 25.7. The van der Waals surface area contributed by atoms with Crippen LogP contribution in [0.3, 0.4) is 0 Å². The Morgan fingerprint density at radius 1 is 0.946 bits per heavy atom. The molecule has 1 N–H and O–H groups in total. The van der Waals surface area contributed by atoms with E-state index < -0.39 is 5.97 Å². The Morgan fingerprint density at radius 2 is 1.65 bits per heavy atom. The summed E-state index contributed by atoms with van der Waals surface area (Å²) < 4.78 is 2.47. The van der Waals surface area contributed by atoms with Crippen molar-refractivity contribution in [2.75, 3.05) is 6.54 Å². The molecule has 0 spiro atoms. The maximum Gasteiger partial charge on any atom is 0.335 e. The molecule has 0 saturated heterocycles. The van der Waals surface area contributed by atoms with Crippen LogP contribution in [0, 0.1) is 5.92 Å². The highest BCUT2D eigenvalue weighted by Gasteiger charge is 2.48. The molecule has 3 nitrogen and oxygen atoms in total. The standard InChI is InChI=1S/C34H37NO2/c1-34(25-28-17-6-3-7-18-28)30-24-29(33(36)37)20-21-31(30)35(23-11-10-16-26-14-8-9-15-26)32(34)22-19-27-12-4-2-5-13-27/h2-7,12-13,17-22,24,26H,8-11,14-16,23,25H2,1H3/p+1/b22-19+. The predicted octanol–water partition coefficient (Wildman–Crippen LogP) is 8.06. The second-order valence-corrected chi connectivity index (χ2v) is 11.0. The van der Waals surface area contributed by atoms with Gasteiger partial charge in [-0.25, -0.2) is 4.79 Å². The predicted molar refractivity (Wildman–Crippen MR) is 152 cm³/mol. The van der Waals surface area contributed by atoms with E-state index in [1.807, 2.05) is 24.3 Å². The molecule has 0 amide bonds. The Hall–Kier alpha value is -3.46. The van der Waals surface area contributed by atoms with E-state index in [4.69, 9.17) is 0 Å². The molecule has 1 unspecified atom stereocenters. The van der Waals surface area contributed by atoms with E-state index in [9.17, 15) is 9.90 Å². The monoisotopic (exact) mass is 492 g/mol. The van der Waals surface area contributed by atoms with Gasteiger partial charge in [0.15, 0.2) is 5.71 Å². The molecule has 3 heteroatoms. The van der Waals surface area contributed by atoms with Crippen LogP contribution in [-0.4, -0.2) is 27.9 Å². The second kappa shape index (κ2) is 11.3. The molecular weight excluding hydrogens is 454 g/mol. The van der Waals surface area contributed by atoms with E-state index in [2.05, 4.69) is 72.2 Å². The summed E-state index contributed by atoms with van der Waals surface area (Å²) in [6.07, 6.45) is 14.6. The number of carboxylic acids is 1. The van der Waals surface area contributed by atoms with Gasteiger partial charge in [-0.2, -0.15) is 4.58 Å². The summed E-state index contributed by atoms with van der Waals surface area (Å²) in [5.74, 6) is 0.0371. The Balaban J connectivity index is 1.54. The summed E-state index contributed by atoms with van der Waals surface area (Å²) in [4.78, 5) is 11.9. The van der Waals surface area contributed by atoms with Crippen LogP contribution in [0.15, 0.2) is 84.9 Å². The minimum absolute atomic E-state index is 0.334. The fourth-order valence-corrected chi connectivity index (χ4v) is 6.36. The van der Waals surface area contributed by atoms with Crippen molar-refractivity contribution >= 4 is 23.4 Å². The van der Waals surface area contributed by atoms with Gasteiger partial charge >= 0.3 is 5.97 Å². The first-order valence-electron chi connectivity index (χ1n) is 13.8. The van der Waals surface area contributed by atoms with Gasteiger partial charge in [0.1, 0.15) is 6.54 Å². The van der Waals surface area contributed by atoms with Crippen molar-refractivity contribution in [1.29, 1.82) is 0 Å². The summed E-state index contributed by atoms with van der Waals surface area (Å²) in [5.41, 5.74) is 5.95. The average molecular weight is 493 g/mol. The number of carboxylic acid groups (broad SMARTS) is 1. The van der Waals surface area contributed by atoms with E-state index in [1.54, 1.807) is 6.07 Å². The van der Waals surface area contributed by atoms with Gasteiger partial charge in [-0.3, -0.25) is 0 Å². The van der Waals surface area contributed by atoms with Gasteiger partial charge in [0.05, 0.1) is 11.0 Å². The third-order valence-corrected chi connectivity index (χ3v) is 8.34. The maximum atomic E-state index is 11.9. The molecule has 1 aliphatic heterocycles. The van der Waals surface area contributed by atoms with Crippen LogP contribution in [0.5, 0.6) is 0 Å². The van der Waals surface area contributed by atoms with Gasteiger partial charge in [0.25, 0.3) is 0 Å². The third-order valence-electron chi connectivity index (χ3n) is 8.34. The van der Waals surface area contributed by atoms with E-state index in [0.29, 0.717) is 5.56 Å². The summed E-state index contributed by atoms with van der Waals surface area (Å²) in [6.45, 7) is 3.23. The van der Waals surface area contributed by atoms with Crippen LogP contribution in [0.25, 0.3) is 6.08 Å². The molecule has 1 heterocycles. The topological polar surface area (TPSA) is 40.3 Å². The lowest BCUT2D eigenvalue weighted by Crippen LogP contribution is -2.34. The molecule has 0 bridgehead atoms. The van der Waals surface area contributed by atoms with E-state index in [0.717, 1.165) is 36.6 Å². The molecule has 3 aromatic carbocycles. The van der Waals surface area contributed by atoms with Gasteiger partial charge in [-0.1, -0.05) is 92.8 Å². The van der Waals surface area contributed by atoms with Gasteiger partial charge in [0, 0.05) is 24.1 Å². The van der Waals surface area contributed by atoms with Crippen LogP contribution in [0.1, 0.15) is 78.9 Å². The number of benzene rings is 3. The van der Waals surface area contributed by atoms with Crippen LogP contribution in [0.4, 0.5) is 5.69 Å². The zero-order valence-electron chi connectivity index (χ0n) is 21.9. The Kier molecular flexibility index (Phi) is 7.69. The van der Waals surface area contributed by atoms with Crippen LogP contribution < -0.4 is 0 Å². The lowest BCUT2D eigenvalue weighted by atomic mass is 9.74. The zero-order valence-corrected chi connectivity index (χ0v) is 21.9. The summed E-state index contributed by atoms with van der Waals surface area (Å²) >= 11 is 0. The number of nitrogens with zero attached hydrogens (tertiary/aromatic N) is 1. The number of hydrogen-bond acceptors (Lipinski definition) is 1. The molecule has 37 heavy (non-hydrogen) atoms. The summed E-state index contributed by atoms with van der Waals surface area (Å²) in [6, 6.07) is 26.7. The van der Waals surface area contributed by atoms with Gasteiger partial charge in [0.2, 0.25) is 5.69 Å². The Labute approximate surface area is 221 Å². The summed E-state index contributed by atoms with van der Waals surface area (Å²) in [7, 11) is 0. The minimum Gasteiger partial charge on any atom is -0.478 e. The van der Waals surface area contributed by atoms with Gasteiger partial charge < -0.3 is 5.11 Å². The molecule has 5 rings (SSSR count). The van der Waals surface area contributed by atoms with E-state index in [1.165, 1.54) is 55.4 Å². The first-order valence-corrected chi connectivity index (χ1v) is 13.8. The molecule has 0 aromatic heterocycles. The fourth-order valence-electron chi connectivity index (χ4n) is 6.36. The lowest BCUT2D eigenvalue weighted by molar-refractivity contribution is -0.438. The minimum atomic E-state index is -0.874. The lowest BCUT2D eigenvalue weighted by Gasteiger charge is -2.23. The first-order chi connectivity index (χ1) is 18.0. The first kappa shape index (κ1) is 25.2. The van der Waals surface area contributed by atoms with Gasteiger partial charge in [-0.15, -0.1) is 0 Å². The quantitative estimate of drug-likeness (QED) is 0.230. The number of allylic oxidation sites excluding steroid dienone is 1. The number of hydrogen-bond donors (Lipinski definition) is 1. The molecule has 0 radical (unpaired) electrons. The highest BCUT2D eigenvalue weighted by molar-refractivity contribution is 6.06. The van der Waals surface area contributed by atoms with Crippen molar-refractivity contribution in [2.45, 2.75) is 63.7 Å². The molecule has 2 aliphatic rings. The molecular formula is C34H38NO2+. The second-order valence-electron chi connectivity index (χ2n) is 11.0. The number of rotatable bonds is 10. The Bertz CT molecular complexity index is 1290. The van der Waals surface area contributed by atoms with Crippen molar-refractivity contribution in [3.63, 3.8) is 0 Å². The number of carbonyl (C=O) groups is 1. The largest absolute Gasteiger partial charge is 0.478 e. The van der Waals surface area contributed by atoms with Gasteiger partial charge in [-0.05, 0) is 55.0 Å². The molecule has 1 fully saturated rings. The fraction of sp³-hybridized carbons (Fsp3) is 0.353. The van der Waals surface area contributed by atoms with Crippen molar-refractivity contribution < 1.29 is 14.5 Å².